The summed E-state index contributed by atoms with van der Waals surface area (Å²) in [6, 6.07) is 6.69. The highest BCUT2D eigenvalue weighted by atomic mass is 35.5. The molecule has 0 spiro atoms. The van der Waals surface area contributed by atoms with Crippen molar-refractivity contribution >= 4 is 22.6 Å². The van der Waals surface area contributed by atoms with E-state index in [2.05, 4.69) is 22.9 Å². The maximum absolute atomic E-state index is 6.17. The number of halogens is 1. The first-order valence-electron chi connectivity index (χ1n) is 7.06. The van der Waals surface area contributed by atoms with Crippen molar-refractivity contribution in [1.82, 2.24) is 14.9 Å². The van der Waals surface area contributed by atoms with Crippen molar-refractivity contribution < 1.29 is 0 Å². The standard InChI is InChI=1S/C15H18ClN3/c1-15(6-7-17-9-15)14-18-12-5-2-10(16)8-13(12)19(14)11-3-4-11/h2,5,8,11,17H,3-4,6-7,9H2,1H3. The van der Waals surface area contributed by atoms with Crippen LogP contribution in [0.1, 0.15) is 38.1 Å². The molecule has 1 atom stereocenters. The molecule has 2 heterocycles. The topological polar surface area (TPSA) is 29.9 Å². The zero-order valence-corrected chi connectivity index (χ0v) is 11.9. The van der Waals surface area contributed by atoms with Gasteiger partial charge in [0.1, 0.15) is 5.82 Å². The summed E-state index contributed by atoms with van der Waals surface area (Å²) in [5.74, 6) is 1.25. The van der Waals surface area contributed by atoms with Crippen molar-refractivity contribution in [3.05, 3.63) is 29.0 Å². The van der Waals surface area contributed by atoms with Gasteiger partial charge in [-0.3, -0.25) is 0 Å². The molecule has 0 radical (unpaired) electrons. The Balaban J connectivity index is 1.96. The molecule has 2 aromatic rings. The van der Waals surface area contributed by atoms with E-state index in [0.717, 1.165) is 30.0 Å². The van der Waals surface area contributed by atoms with E-state index in [9.17, 15) is 0 Å². The van der Waals surface area contributed by atoms with Crippen molar-refractivity contribution in [2.75, 3.05) is 13.1 Å². The number of nitrogens with zero attached hydrogens (tertiary/aromatic N) is 2. The lowest BCUT2D eigenvalue weighted by atomic mass is 9.88. The molecule has 1 aromatic heterocycles. The molecule has 19 heavy (non-hydrogen) atoms. The Kier molecular flexibility index (Phi) is 2.45. The fourth-order valence-corrected chi connectivity index (χ4v) is 3.37. The maximum Gasteiger partial charge on any atom is 0.117 e. The van der Waals surface area contributed by atoms with Crippen LogP contribution in [0.4, 0.5) is 0 Å². The number of imidazole rings is 1. The van der Waals surface area contributed by atoms with Gasteiger partial charge < -0.3 is 9.88 Å². The summed E-state index contributed by atoms with van der Waals surface area (Å²) in [7, 11) is 0. The zero-order chi connectivity index (χ0) is 13.0. The minimum Gasteiger partial charge on any atom is -0.324 e. The Morgan fingerprint density at radius 2 is 2.26 bits per heavy atom. The predicted molar refractivity (Wildman–Crippen MR) is 77.9 cm³/mol. The number of hydrogen-bond donors (Lipinski definition) is 1. The largest absolute Gasteiger partial charge is 0.324 e. The van der Waals surface area contributed by atoms with Crippen LogP contribution in [0, 0.1) is 0 Å². The van der Waals surface area contributed by atoms with Crippen LogP contribution < -0.4 is 5.32 Å². The Morgan fingerprint density at radius 1 is 1.42 bits per heavy atom. The summed E-state index contributed by atoms with van der Waals surface area (Å²) in [6.45, 7) is 4.44. The monoisotopic (exact) mass is 275 g/mol. The molecule has 1 N–H and O–H groups in total. The van der Waals surface area contributed by atoms with Crippen LogP contribution in [0.5, 0.6) is 0 Å². The molecule has 1 saturated heterocycles. The third kappa shape index (κ3) is 1.79. The van der Waals surface area contributed by atoms with E-state index >= 15 is 0 Å². The highest BCUT2D eigenvalue weighted by Crippen LogP contribution is 2.43. The maximum atomic E-state index is 6.17. The van der Waals surface area contributed by atoms with Gasteiger partial charge in [0.2, 0.25) is 0 Å². The molecule has 0 bridgehead atoms. The smallest absolute Gasteiger partial charge is 0.117 e. The van der Waals surface area contributed by atoms with Crippen molar-refractivity contribution in [2.24, 2.45) is 0 Å². The molecule has 2 fully saturated rings. The second-order valence-corrected chi connectivity index (χ2v) is 6.59. The van der Waals surface area contributed by atoms with E-state index in [1.165, 1.54) is 24.2 Å². The van der Waals surface area contributed by atoms with Gasteiger partial charge in [-0.05, 0) is 44.0 Å². The van der Waals surface area contributed by atoms with Gasteiger partial charge in [0.05, 0.1) is 11.0 Å². The summed E-state index contributed by atoms with van der Waals surface area (Å²) < 4.78 is 2.45. The summed E-state index contributed by atoms with van der Waals surface area (Å²) in [5.41, 5.74) is 2.45. The second-order valence-electron chi connectivity index (χ2n) is 6.16. The molecule has 100 valence electrons. The molecule has 0 amide bonds. The van der Waals surface area contributed by atoms with E-state index in [-0.39, 0.29) is 5.41 Å². The van der Waals surface area contributed by atoms with E-state index in [4.69, 9.17) is 16.6 Å². The van der Waals surface area contributed by atoms with Crippen LogP contribution in [0.15, 0.2) is 18.2 Å². The van der Waals surface area contributed by atoms with E-state index < -0.39 is 0 Å². The van der Waals surface area contributed by atoms with Crippen LogP contribution in [0.2, 0.25) is 5.02 Å². The van der Waals surface area contributed by atoms with E-state index in [1.54, 1.807) is 0 Å². The number of benzene rings is 1. The molecular formula is C15H18ClN3. The van der Waals surface area contributed by atoms with E-state index in [0.29, 0.717) is 6.04 Å². The number of fused-ring (bicyclic) bond motifs is 1. The average Bonchev–Trinajstić information content (AvgIpc) is 3.01. The van der Waals surface area contributed by atoms with Gasteiger partial charge in [0.15, 0.2) is 0 Å². The minimum absolute atomic E-state index is 0.161. The molecule has 3 nitrogen and oxygen atoms in total. The lowest BCUT2D eigenvalue weighted by molar-refractivity contribution is 0.462. The van der Waals surface area contributed by atoms with Crippen LogP contribution in [0.25, 0.3) is 11.0 Å². The lowest BCUT2D eigenvalue weighted by Crippen LogP contribution is -2.29. The molecule has 1 saturated carbocycles. The Labute approximate surface area is 118 Å². The van der Waals surface area contributed by atoms with Crippen LogP contribution in [-0.4, -0.2) is 22.6 Å². The first kappa shape index (κ1) is 11.7. The number of nitrogens with one attached hydrogen (secondary N) is 1. The summed E-state index contributed by atoms with van der Waals surface area (Å²) in [5, 5.41) is 4.28. The summed E-state index contributed by atoms with van der Waals surface area (Å²) >= 11 is 6.17. The van der Waals surface area contributed by atoms with Gasteiger partial charge in [-0.1, -0.05) is 18.5 Å². The third-order valence-corrected chi connectivity index (χ3v) is 4.71. The Bertz CT molecular complexity index is 636. The lowest BCUT2D eigenvalue weighted by Gasteiger charge is -2.23. The second kappa shape index (κ2) is 3.97. The quantitative estimate of drug-likeness (QED) is 0.912. The number of aromatic nitrogens is 2. The highest BCUT2D eigenvalue weighted by molar-refractivity contribution is 6.31. The molecule has 4 rings (SSSR count). The molecule has 1 aliphatic carbocycles. The highest BCUT2D eigenvalue weighted by Gasteiger charge is 2.39. The number of rotatable bonds is 2. The fraction of sp³-hybridized carbons (Fsp3) is 0.533. The van der Waals surface area contributed by atoms with Crippen LogP contribution in [0.3, 0.4) is 0 Å². The molecule has 1 aromatic carbocycles. The van der Waals surface area contributed by atoms with Gasteiger partial charge in [-0.2, -0.15) is 0 Å². The van der Waals surface area contributed by atoms with Crippen molar-refractivity contribution in [3.8, 4) is 0 Å². The van der Waals surface area contributed by atoms with E-state index in [1.807, 2.05) is 12.1 Å². The summed E-state index contributed by atoms with van der Waals surface area (Å²) in [6.07, 6.45) is 3.71. The fourth-order valence-electron chi connectivity index (χ4n) is 3.20. The number of hydrogen-bond acceptors (Lipinski definition) is 2. The van der Waals surface area contributed by atoms with Gasteiger partial charge in [-0.15, -0.1) is 0 Å². The molecule has 4 heteroatoms. The van der Waals surface area contributed by atoms with Gasteiger partial charge in [-0.25, -0.2) is 4.98 Å². The first-order valence-corrected chi connectivity index (χ1v) is 7.44. The van der Waals surface area contributed by atoms with Gasteiger partial charge >= 0.3 is 0 Å². The van der Waals surface area contributed by atoms with Crippen LogP contribution in [-0.2, 0) is 5.41 Å². The Hall–Kier alpha value is -1.06. The van der Waals surface area contributed by atoms with Gasteiger partial charge in [0.25, 0.3) is 0 Å². The SMILES string of the molecule is CC1(c2nc3ccc(Cl)cc3n2C2CC2)CCNC1. The molecular weight excluding hydrogens is 258 g/mol. The average molecular weight is 276 g/mol. The van der Waals surface area contributed by atoms with Crippen molar-refractivity contribution in [3.63, 3.8) is 0 Å². The normalized spacial score (nSPS) is 27.3. The predicted octanol–water partition coefficient (Wildman–Crippen LogP) is 3.28. The Morgan fingerprint density at radius 3 is 2.95 bits per heavy atom. The zero-order valence-electron chi connectivity index (χ0n) is 11.1. The van der Waals surface area contributed by atoms with Crippen LogP contribution >= 0.6 is 11.6 Å². The minimum atomic E-state index is 0.161. The third-order valence-electron chi connectivity index (χ3n) is 4.47. The molecule has 1 aliphatic heterocycles. The van der Waals surface area contributed by atoms with Crippen molar-refractivity contribution in [1.29, 1.82) is 0 Å². The van der Waals surface area contributed by atoms with Crippen molar-refractivity contribution in [2.45, 2.75) is 37.6 Å². The van der Waals surface area contributed by atoms with Gasteiger partial charge in [0, 0.05) is 23.0 Å². The molecule has 1 unspecified atom stereocenters. The summed E-state index contributed by atoms with van der Waals surface area (Å²) in [4.78, 5) is 4.93. The first-order chi connectivity index (χ1) is 9.17. The molecule has 2 aliphatic rings.